The van der Waals surface area contributed by atoms with Crippen LogP contribution in [-0.4, -0.2) is 50.6 Å². The maximum Gasteiger partial charge on any atom is 0.409 e. The van der Waals surface area contributed by atoms with Gasteiger partial charge in [-0.25, -0.2) is 13.2 Å². The van der Waals surface area contributed by atoms with Crippen molar-refractivity contribution in [2.24, 2.45) is 0 Å². The third-order valence-electron chi connectivity index (χ3n) is 2.28. The van der Waals surface area contributed by atoms with Crippen LogP contribution in [0, 0.1) is 0 Å². The zero-order valence-electron chi connectivity index (χ0n) is 8.39. The van der Waals surface area contributed by atoms with Crippen molar-refractivity contribution in [3.63, 3.8) is 0 Å². The molecule has 0 bridgehead atoms. The molecule has 0 aliphatic carbocycles. The molecule has 0 aromatic rings. The van der Waals surface area contributed by atoms with E-state index in [1.165, 1.54) is 11.2 Å². The molecule has 0 N–H and O–H groups in total. The molecule has 1 amide bonds. The summed E-state index contributed by atoms with van der Waals surface area (Å²) in [5.74, 6) is 0. The van der Waals surface area contributed by atoms with Crippen LogP contribution >= 0.6 is 0 Å². The molecule has 1 heterocycles. The molecule has 5 nitrogen and oxygen atoms in total. The second kappa shape index (κ2) is 4.16. The number of hydrogen-bond donors (Lipinski definition) is 0. The van der Waals surface area contributed by atoms with Crippen LogP contribution in [-0.2, 0) is 14.6 Å². The number of rotatable bonds is 2. The SMILES string of the molecule is CCOC(=O)N1CC[C@H](S(C)(=O)=O)C1. The Morgan fingerprint density at radius 2 is 2.21 bits per heavy atom. The van der Waals surface area contributed by atoms with Crippen molar-refractivity contribution in [3.05, 3.63) is 0 Å². The summed E-state index contributed by atoms with van der Waals surface area (Å²) in [6.45, 7) is 2.77. The Bertz CT molecular complexity index is 311. The molecule has 0 aromatic carbocycles. The highest BCUT2D eigenvalue weighted by Crippen LogP contribution is 2.16. The van der Waals surface area contributed by atoms with E-state index in [0.29, 0.717) is 19.6 Å². The number of carbonyl (C=O) groups excluding carboxylic acids is 1. The van der Waals surface area contributed by atoms with Gasteiger partial charge in [0.2, 0.25) is 0 Å². The van der Waals surface area contributed by atoms with E-state index in [1.807, 2.05) is 0 Å². The number of hydrogen-bond acceptors (Lipinski definition) is 4. The van der Waals surface area contributed by atoms with Crippen molar-refractivity contribution in [1.82, 2.24) is 4.90 Å². The first kappa shape index (κ1) is 11.3. The first-order valence-electron chi connectivity index (χ1n) is 4.55. The molecule has 0 spiro atoms. The smallest absolute Gasteiger partial charge is 0.409 e. The molecular weight excluding hydrogens is 206 g/mol. The maximum absolute atomic E-state index is 11.2. The van der Waals surface area contributed by atoms with Gasteiger partial charge < -0.3 is 9.64 Å². The predicted molar refractivity (Wildman–Crippen MR) is 51.8 cm³/mol. The number of sulfone groups is 1. The molecule has 1 aliphatic heterocycles. The summed E-state index contributed by atoms with van der Waals surface area (Å²) in [6, 6.07) is 0. The summed E-state index contributed by atoms with van der Waals surface area (Å²) in [5.41, 5.74) is 0. The Morgan fingerprint density at radius 1 is 1.57 bits per heavy atom. The van der Waals surface area contributed by atoms with Crippen molar-refractivity contribution < 1.29 is 17.9 Å². The molecule has 82 valence electrons. The predicted octanol–water partition coefficient (Wildman–Crippen LogP) is 0.262. The van der Waals surface area contributed by atoms with Gasteiger partial charge in [0.25, 0.3) is 0 Å². The largest absolute Gasteiger partial charge is 0.450 e. The van der Waals surface area contributed by atoms with E-state index in [4.69, 9.17) is 4.74 Å². The van der Waals surface area contributed by atoms with Gasteiger partial charge in [-0.3, -0.25) is 0 Å². The highest BCUT2D eigenvalue weighted by Gasteiger charge is 2.32. The Labute approximate surface area is 83.9 Å². The first-order chi connectivity index (χ1) is 6.45. The summed E-state index contributed by atoms with van der Waals surface area (Å²) in [4.78, 5) is 12.7. The van der Waals surface area contributed by atoms with Crippen LogP contribution in [0.25, 0.3) is 0 Å². The Hall–Kier alpha value is -0.780. The topological polar surface area (TPSA) is 63.7 Å². The van der Waals surface area contributed by atoms with E-state index < -0.39 is 21.2 Å². The molecule has 1 rings (SSSR count). The molecule has 1 aliphatic rings. The fourth-order valence-corrected chi connectivity index (χ4v) is 2.44. The zero-order valence-corrected chi connectivity index (χ0v) is 9.21. The van der Waals surface area contributed by atoms with Gasteiger partial charge >= 0.3 is 6.09 Å². The molecule has 1 fully saturated rings. The highest BCUT2D eigenvalue weighted by atomic mass is 32.2. The Kier molecular flexibility index (Phi) is 3.36. The summed E-state index contributed by atoms with van der Waals surface area (Å²) >= 11 is 0. The van der Waals surface area contributed by atoms with Crippen molar-refractivity contribution in [1.29, 1.82) is 0 Å². The summed E-state index contributed by atoms with van der Waals surface area (Å²) in [7, 11) is -3.03. The van der Waals surface area contributed by atoms with Gasteiger partial charge in [-0.1, -0.05) is 0 Å². The van der Waals surface area contributed by atoms with Crippen molar-refractivity contribution >= 4 is 15.9 Å². The van der Waals surface area contributed by atoms with Crippen LogP contribution < -0.4 is 0 Å². The van der Waals surface area contributed by atoms with E-state index in [9.17, 15) is 13.2 Å². The van der Waals surface area contributed by atoms with E-state index in [1.54, 1.807) is 6.92 Å². The molecule has 1 saturated heterocycles. The average molecular weight is 221 g/mol. The van der Waals surface area contributed by atoms with Crippen LogP contribution in [0.2, 0.25) is 0 Å². The standard InChI is InChI=1S/C8H15NO4S/c1-3-13-8(10)9-5-4-7(6-9)14(2,11)12/h7H,3-6H2,1-2H3/t7-/m0/s1. The Balaban J connectivity index is 2.54. The summed E-state index contributed by atoms with van der Waals surface area (Å²) in [5, 5.41) is -0.424. The molecule has 0 saturated carbocycles. The van der Waals surface area contributed by atoms with Crippen LogP contribution in [0.5, 0.6) is 0 Å². The lowest BCUT2D eigenvalue weighted by Crippen LogP contribution is -2.32. The zero-order chi connectivity index (χ0) is 10.8. The maximum atomic E-state index is 11.2. The van der Waals surface area contributed by atoms with Gasteiger partial charge in [0.05, 0.1) is 11.9 Å². The molecule has 14 heavy (non-hydrogen) atoms. The third-order valence-corrected chi connectivity index (χ3v) is 3.87. The lowest BCUT2D eigenvalue weighted by atomic mass is 10.4. The van der Waals surface area contributed by atoms with Gasteiger partial charge in [0.15, 0.2) is 9.84 Å². The van der Waals surface area contributed by atoms with Gasteiger partial charge in [0, 0.05) is 19.3 Å². The average Bonchev–Trinajstić information content (AvgIpc) is 2.51. The lowest BCUT2D eigenvalue weighted by molar-refractivity contribution is 0.116. The van der Waals surface area contributed by atoms with Crippen molar-refractivity contribution in [2.45, 2.75) is 18.6 Å². The quantitative estimate of drug-likeness (QED) is 0.671. The van der Waals surface area contributed by atoms with Crippen molar-refractivity contribution in [3.8, 4) is 0 Å². The van der Waals surface area contributed by atoms with Gasteiger partial charge in [-0.15, -0.1) is 0 Å². The normalized spacial score (nSPS) is 22.4. The molecule has 1 atom stereocenters. The molecule has 6 heteroatoms. The van der Waals surface area contributed by atoms with Crippen LogP contribution in [0.4, 0.5) is 4.79 Å². The molecule has 0 unspecified atom stereocenters. The van der Waals surface area contributed by atoms with Crippen LogP contribution in [0.15, 0.2) is 0 Å². The monoisotopic (exact) mass is 221 g/mol. The fraction of sp³-hybridized carbons (Fsp3) is 0.875. The van der Waals surface area contributed by atoms with Gasteiger partial charge in [-0.2, -0.15) is 0 Å². The number of carbonyl (C=O) groups is 1. The summed E-state index contributed by atoms with van der Waals surface area (Å²) in [6.07, 6.45) is 1.29. The second-order valence-electron chi connectivity index (χ2n) is 3.39. The molecular formula is C8H15NO4S. The molecule has 0 aromatic heterocycles. The fourth-order valence-electron chi connectivity index (χ4n) is 1.46. The number of nitrogens with zero attached hydrogens (tertiary/aromatic N) is 1. The Morgan fingerprint density at radius 3 is 2.64 bits per heavy atom. The third kappa shape index (κ3) is 2.60. The minimum Gasteiger partial charge on any atom is -0.450 e. The first-order valence-corrected chi connectivity index (χ1v) is 6.51. The number of amides is 1. The minimum absolute atomic E-state index is 0.262. The number of ether oxygens (including phenoxy) is 1. The van der Waals surface area contributed by atoms with E-state index in [-0.39, 0.29) is 6.54 Å². The van der Waals surface area contributed by atoms with Crippen molar-refractivity contribution in [2.75, 3.05) is 26.0 Å². The summed E-state index contributed by atoms with van der Waals surface area (Å²) < 4.78 is 27.1. The minimum atomic E-state index is -3.03. The van der Waals surface area contributed by atoms with Crippen LogP contribution in [0.3, 0.4) is 0 Å². The lowest BCUT2D eigenvalue weighted by Gasteiger charge is -2.14. The van der Waals surface area contributed by atoms with Crippen LogP contribution in [0.1, 0.15) is 13.3 Å². The van der Waals surface area contributed by atoms with E-state index in [2.05, 4.69) is 0 Å². The van der Waals surface area contributed by atoms with E-state index >= 15 is 0 Å². The van der Waals surface area contributed by atoms with Gasteiger partial charge in [0.1, 0.15) is 0 Å². The highest BCUT2D eigenvalue weighted by molar-refractivity contribution is 7.91. The number of likely N-dealkylation sites (tertiary alicyclic amines) is 1. The molecule has 0 radical (unpaired) electrons. The second-order valence-corrected chi connectivity index (χ2v) is 5.71. The van der Waals surface area contributed by atoms with Gasteiger partial charge in [-0.05, 0) is 13.3 Å². The van der Waals surface area contributed by atoms with E-state index in [0.717, 1.165) is 0 Å².